The highest BCUT2D eigenvalue weighted by molar-refractivity contribution is 5.64. The summed E-state index contributed by atoms with van der Waals surface area (Å²) in [6.07, 6.45) is 5.30. The fraction of sp³-hybridized carbons (Fsp3) is 0.357. The molecule has 1 atom stereocenters. The molecule has 30 heavy (non-hydrogen) atoms. The van der Waals surface area contributed by atoms with E-state index in [1.165, 1.54) is 17.2 Å². The number of aliphatic hydroxyl groups excluding tert-OH is 2. The Morgan fingerprint density at radius 1 is 0.733 bits per heavy atom. The summed E-state index contributed by atoms with van der Waals surface area (Å²) in [7, 11) is 0. The van der Waals surface area contributed by atoms with Gasteiger partial charge in [0.2, 0.25) is 0 Å². The first-order chi connectivity index (χ1) is 13.9. The molecule has 0 fully saturated rings. The topological polar surface area (TPSA) is 40.5 Å². The first-order valence-corrected chi connectivity index (χ1v) is 10.6. The van der Waals surface area contributed by atoms with Crippen molar-refractivity contribution in [1.82, 2.24) is 0 Å². The predicted molar refractivity (Wildman–Crippen MR) is 128 cm³/mol. The number of allylic oxidation sites excluding steroid dienone is 1. The van der Waals surface area contributed by atoms with Crippen LogP contribution in [0.15, 0.2) is 71.5 Å². The molecule has 0 bridgehead atoms. The summed E-state index contributed by atoms with van der Waals surface area (Å²) in [6.45, 7) is 13.2. The van der Waals surface area contributed by atoms with Gasteiger partial charge in [0, 0.05) is 6.42 Å². The van der Waals surface area contributed by atoms with Crippen LogP contribution in [0.4, 0.5) is 0 Å². The van der Waals surface area contributed by atoms with Crippen molar-refractivity contribution in [2.75, 3.05) is 0 Å². The summed E-state index contributed by atoms with van der Waals surface area (Å²) in [6, 6.07) is 16.9. The van der Waals surface area contributed by atoms with Crippen molar-refractivity contribution >= 4 is 12.2 Å². The van der Waals surface area contributed by atoms with Gasteiger partial charge in [-0.2, -0.15) is 0 Å². The standard InChI is InChI=1S/C28H34O2/c1-27(2,3)23-11-7-19(8-12-23)15-21-17-22(26(30)18-25(21)29)16-20-9-13-24(14-10-20)28(4,5)6/h7-16,18,25,29-30H,17H2,1-6H3. The molecule has 0 aromatic heterocycles. The maximum absolute atomic E-state index is 10.5. The Balaban J connectivity index is 1.86. The molecule has 0 radical (unpaired) electrons. The molecule has 2 nitrogen and oxygen atoms in total. The average Bonchev–Trinajstić information content (AvgIpc) is 2.65. The van der Waals surface area contributed by atoms with E-state index in [9.17, 15) is 10.2 Å². The van der Waals surface area contributed by atoms with Crippen LogP contribution in [0.1, 0.15) is 70.2 Å². The van der Waals surface area contributed by atoms with E-state index in [4.69, 9.17) is 0 Å². The second kappa shape index (κ2) is 8.28. The first kappa shape index (κ1) is 22.1. The highest BCUT2D eigenvalue weighted by atomic mass is 16.3. The van der Waals surface area contributed by atoms with Crippen LogP contribution in [0.25, 0.3) is 12.2 Å². The Kier molecular flexibility index (Phi) is 6.10. The monoisotopic (exact) mass is 402 g/mol. The van der Waals surface area contributed by atoms with Gasteiger partial charge in [-0.1, -0.05) is 96.1 Å². The van der Waals surface area contributed by atoms with Gasteiger partial charge in [-0.05, 0) is 56.4 Å². The van der Waals surface area contributed by atoms with E-state index in [1.807, 2.05) is 12.2 Å². The average molecular weight is 403 g/mol. The molecule has 0 spiro atoms. The largest absolute Gasteiger partial charge is 0.508 e. The molecule has 2 heteroatoms. The van der Waals surface area contributed by atoms with Gasteiger partial charge in [0.1, 0.15) is 5.76 Å². The van der Waals surface area contributed by atoms with E-state index in [-0.39, 0.29) is 16.6 Å². The van der Waals surface area contributed by atoms with Gasteiger partial charge in [-0.25, -0.2) is 0 Å². The number of hydrogen-bond acceptors (Lipinski definition) is 2. The molecule has 3 rings (SSSR count). The third kappa shape index (κ3) is 5.31. The van der Waals surface area contributed by atoms with Gasteiger partial charge in [0.25, 0.3) is 0 Å². The lowest BCUT2D eigenvalue weighted by Gasteiger charge is -2.22. The Bertz CT molecular complexity index is 973. The van der Waals surface area contributed by atoms with Crippen molar-refractivity contribution in [3.63, 3.8) is 0 Å². The molecule has 2 aromatic rings. The number of aliphatic hydroxyl groups is 2. The summed E-state index contributed by atoms with van der Waals surface area (Å²) >= 11 is 0. The van der Waals surface area contributed by atoms with Crippen LogP contribution in [0.2, 0.25) is 0 Å². The number of benzene rings is 2. The molecule has 158 valence electrons. The molecule has 0 aliphatic heterocycles. The summed E-state index contributed by atoms with van der Waals surface area (Å²) < 4.78 is 0. The van der Waals surface area contributed by atoms with Crippen molar-refractivity contribution in [2.24, 2.45) is 0 Å². The molecule has 2 aromatic carbocycles. The molecule has 2 N–H and O–H groups in total. The van der Waals surface area contributed by atoms with E-state index in [0.29, 0.717) is 6.42 Å². The van der Waals surface area contributed by atoms with Crippen LogP contribution >= 0.6 is 0 Å². The molecule has 0 saturated carbocycles. The van der Waals surface area contributed by atoms with Gasteiger partial charge in [0.05, 0.1) is 6.10 Å². The van der Waals surface area contributed by atoms with Crippen LogP contribution in [-0.4, -0.2) is 16.3 Å². The lowest BCUT2D eigenvalue weighted by atomic mass is 9.85. The van der Waals surface area contributed by atoms with Gasteiger partial charge in [-0.15, -0.1) is 0 Å². The normalized spacial score (nSPS) is 20.5. The number of rotatable bonds is 2. The lowest BCUT2D eigenvalue weighted by Crippen LogP contribution is -2.15. The van der Waals surface area contributed by atoms with E-state index in [1.54, 1.807) is 0 Å². The SMILES string of the molecule is CC(C)(C)c1ccc(C=C2CC(=Cc3ccc(C(C)(C)C)cc3)C(O)C=C2O)cc1. The molecular formula is C28H34O2. The zero-order chi connectivity index (χ0) is 22.1. The molecule has 1 unspecified atom stereocenters. The predicted octanol–water partition coefficient (Wildman–Crippen LogP) is 6.96. The fourth-order valence-electron chi connectivity index (χ4n) is 3.61. The van der Waals surface area contributed by atoms with E-state index in [2.05, 4.69) is 90.1 Å². The highest BCUT2D eigenvalue weighted by Crippen LogP contribution is 2.31. The molecule has 0 saturated heterocycles. The van der Waals surface area contributed by atoms with Crippen LogP contribution < -0.4 is 0 Å². The quantitative estimate of drug-likeness (QED) is 0.570. The third-order valence-corrected chi connectivity index (χ3v) is 5.67. The Morgan fingerprint density at radius 2 is 1.17 bits per heavy atom. The Morgan fingerprint density at radius 3 is 1.60 bits per heavy atom. The minimum atomic E-state index is -0.771. The zero-order valence-corrected chi connectivity index (χ0v) is 19.0. The Hall–Kier alpha value is -2.58. The van der Waals surface area contributed by atoms with E-state index in [0.717, 1.165) is 22.3 Å². The van der Waals surface area contributed by atoms with Gasteiger partial charge < -0.3 is 10.2 Å². The first-order valence-electron chi connectivity index (χ1n) is 10.6. The molecule has 1 aliphatic carbocycles. The fourth-order valence-corrected chi connectivity index (χ4v) is 3.61. The van der Waals surface area contributed by atoms with Gasteiger partial charge in [0.15, 0.2) is 0 Å². The second-order valence-electron chi connectivity index (χ2n) is 10.3. The maximum atomic E-state index is 10.5. The van der Waals surface area contributed by atoms with E-state index < -0.39 is 6.10 Å². The molecule has 0 amide bonds. The third-order valence-electron chi connectivity index (χ3n) is 5.67. The van der Waals surface area contributed by atoms with E-state index >= 15 is 0 Å². The summed E-state index contributed by atoms with van der Waals surface area (Å²) in [5.74, 6) is 0.155. The van der Waals surface area contributed by atoms with Crippen molar-refractivity contribution in [3.8, 4) is 0 Å². The van der Waals surface area contributed by atoms with Crippen LogP contribution in [0, 0.1) is 0 Å². The van der Waals surface area contributed by atoms with Gasteiger partial charge >= 0.3 is 0 Å². The van der Waals surface area contributed by atoms with Crippen LogP contribution in [0.3, 0.4) is 0 Å². The smallest absolute Gasteiger partial charge is 0.118 e. The van der Waals surface area contributed by atoms with Crippen molar-refractivity contribution in [2.45, 2.75) is 64.9 Å². The van der Waals surface area contributed by atoms with Crippen molar-refractivity contribution in [3.05, 3.63) is 93.8 Å². The second-order valence-corrected chi connectivity index (χ2v) is 10.3. The zero-order valence-electron chi connectivity index (χ0n) is 19.0. The minimum absolute atomic E-state index is 0.112. The summed E-state index contributed by atoms with van der Waals surface area (Å²) in [5, 5.41) is 20.9. The highest BCUT2D eigenvalue weighted by Gasteiger charge is 2.21. The molecular weight excluding hydrogens is 368 g/mol. The lowest BCUT2D eigenvalue weighted by molar-refractivity contribution is 0.244. The van der Waals surface area contributed by atoms with Gasteiger partial charge in [-0.3, -0.25) is 0 Å². The Labute approximate surface area is 181 Å². The summed E-state index contributed by atoms with van der Waals surface area (Å²) in [5.41, 5.74) is 6.59. The number of hydrogen-bond donors (Lipinski definition) is 2. The molecule has 1 aliphatic rings. The maximum Gasteiger partial charge on any atom is 0.118 e. The van der Waals surface area contributed by atoms with Crippen LogP contribution in [-0.2, 0) is 10.8 Å². The minimum Gasteiger partial charge on any atom is -0.508 e. The van der Waals surface area contributed by atoms with Crippen LogP contribution in [0.5, 0.6) is 0 Å². The van der Waals surface area contributed by atoms with Crippen molar-refractivity contribution in [1.29, 1.82) is 0 Å². The van der Waals surface area contributed by atoms with Crippen molar-refractivity contribution < 1.29 is 10.2 Å². The molecule has 0 heterocycles. The summed E-state index contributed by atoms with van der Waals surface area (Å²) in [4.78, 5) is 0.